The normalized spacial score (nSPS) is 10.7. The average Bonchev–Trinajstić information content (AvgIpc) is 3.09. The van der Waals surface area contributed by atoms with Crippen LogP contribution in [0.15, 0.2) is 5.38 Å². The molecule has 6 heteroatoms. The summed E-state index contributed by atoms with van der Waals surface area (Å²) >= 11 is 1.42. The molecule has 26 heavy (non-hydrogen) atoms. The van der Waals surface area contributed by atoms with Gasteiger partial charge in [-0.25, -0.2) is 9.78 Å². The van der Waals surface area contributed by atoms with Gasteiger partial charge in [0.15, 0.2) is 5.69 Å². The molecule has 1 aromatic rings. The van der Waals surface area contributed by atoms with E-state index >= 15 is 0 Å². The van der Waals surface area contributed by atoms with Crippen LogP contribution in [0.5, 0.6) is 0 Å². The van der Waals surface area contributed by atoms with Gasteiger partial charge in [-0.3, -0.25) is 4.79 Å². The lowest BCUT2D eigenvalue weighted by Gasteiger charge is -2.21. The Labute approximate surface area is 162 Å². The Morgan fingerprint density at radius 3 is 2.42 bits per heavy atom. The molecule has 0 N–H and O–H groups in total. The number of hydrogen-bond donors (Lipinski definition) is 0. The molecule has 1 aromatic heterocycles. The highest BCUT2D eigenvalue weighted by atomic mass is 32.1. The zero-order valence-electron chi connectivity index (χ0n) is 16.6. The van der Waals surface area contributed by atoms with Gasteiger partial charge in [-0.2, -0.15) is 0 Å². The first kappa shape index (κ1) is 22.6. The van der Waals surface area contributed by atoms with Crippen LogP contribution in [-0.4, -0.2) is 34.9 Å². The summed E-state index contributed by atoms with van der Waals surface area (Å²) in [4.78, 5) is 30.6. The average molecular weight is 383 g/mol. The fraction of sp³-hybridized carbons (Fsp3) is 0.750. The van der Waals surface area contributed by atoms with Crippen LogP contribution in [0.2, 0.25) is 0 Å². The molecular weight excluding hydrogens is 348 g/mol. The fourth-order valence-electron chi connectivity index (χ4n) is 2.73. The highest BCUT2D eigenvalue weighted by molar-refractivity contribution is 7.09. The van der Waals surface area contributed by atoms with Crippen LogP contribution < -0.4 is 0 Å². The number of carbonyl (C=O) groups is 2. The van der Waals surface area contributed by atoms with Crippen molar-refractivity contribution in [1.82, 2.24) is 9.88 Å². The van der Waals surface area contributed by atoms with Crippen molar-refractivity contribution in [2.75, 3.05) is 13.2 Å². The van der Waals surface area contributed by atoms with Crippen molar-refractivity contribution in [3.8, 4) is 0 Å². The van der Waals surface area contributed by atoms with Crippen molar-refractivity contribution < 1.29 is 14.3 Å². The molecule has 0 bridgehead atoms. The molecule has 5 nitrogen and oxygen atoms in total. The number of amides is 1. The molecule has 0 saturated heterocycles. The summed E-state index contributed by atoms with van der Waals surface area (Å²) in [5.41, 5.74) is 0.340. The SMILES string of the molecule is CCCCCCCC(=O)N(CCCCC)Cc1nc(C(=O)OCC)cs1. The van der Waals surface area contributed by atoms with E-state index in [-0.39, 0.29) is 5.91 Å². The van der Waals surface area contributed by atoms with Gasteiger partial charge in [-0.05, 0) is 19.8 Å². The fourth-order valence-corrected chi connectivity index (χ4v) is 3.51. The van der Waals surface area contributed by atoms with E-state index in [0.717, 1.165) is 43.7 Å². The number of carbonyl (C=O) groups excluding carboxylic acids is 2. The van der Waals surface area contributed by atoms with Gasteiger partial charge in [-0.15, -0.1) is 11.3 Å². The van der Waals surface area contributed by atoms with E-state index in [0.29, 0.717) is 25.3 Å². The topological polar surface area (TPSA) is 59.5 Å². The van der Waals surface area contributed by atoms with Gasteiger partial charge in [0.2, 0.25) is 5.91 Å². The van der Waals surface area contributed by atoms with Crippen molar-refractivity contribution >= 4 is 23.2 Å². The van der Waals surface area contributed by atoms with E-state index in [1.165, 1.54) is 30.6 Å². The second-order valence-corrected chi connectivity index (χ2v) is 7.48. The first-order valence-electron chi connectivity index (χ1n) is 10.0. The van der Waals surface area contributed by atoms with Crippen molar-refractivity contribution in [2.45, 2.75) is 85.1 Å². The van der Waals surface area contributed by atoms with E-state index in [9.17, 15) is 9.59 Å². The molecule has 0 aliphatic carbocycles. The predicted octanol–water partition coefficient (Wildman–Crippen LogP) is 5.20. The van der Waals surface area contributed by atoms with Gasteiger partial charge in [0, 0.05) is 18.3 Å². The third kappa shape index (κ3) is 8.79. The first-order valence-corrected chi connectivity index (χ1v) is 10.9. The lowest BCUT2D eigenvalue weighted by Crippen LogP contribution is -2.31. The van der Waals surface area contributed by atoms with E-state index in [1.54, 1.807) is 12.3 Å². The summed E-state index contributed by atoms with van der Waals surface area (Å²) in [7, 11) is 0. The number of thiazole rings is 1. The van der Waals surface area contributed by atoms with Crippen LogP contribution >= 0.6 is 11.3 Å². The van der Waals surface area contributed by atoms with Crippen LogP contribution in [0.4, 0.5) is 0 Å². The van der Waals surface area contributed by atoms with Crippen LogP contribution in [0.1, 0.15) is 94.1 Å². The monoisotopic (exact) mass is 382 g/mol. The minimum absolute atomic E-state index is 0.200. The van der Waals surface area contributed by atoms with Gasteiger partial charge in [-0.1, -0.05) is 52.4 Å². The highest BCUT2D eigenvalue weighted by Gasteiger charge is 2.17. The van der Waals surface area contributed by atoms with Gasteiger partial charge in [0.1, 0.15) is 5.01 Å². The van der Waals surface area contributed by atoms with Crippen LogP contribution in [0, 0.1) is 0 Å². The minimum Gasteiger partial charge on any atom is -0.461 e. The third-order valence-corrected chi connectivity index (χ3v) is 5.07. The van der Waals surface area contributed by atoms with Crippen molar-refractivity contribution in [3.63, 3.8) is 0 Å². The number of rotatable bonds is 14. The number of esters is 1. The van der Waals surface area contributed by atoms with Gasteiger partial charge < -0.3 is 9.64 Å². The molecular formula is C20H34N2O3S. The molecule has 0 radical (unpaired) electrons. The highest BCUT2D eigenvalue weighted by Crippen LogP contribution is 2.16. The Bertz CT molecular complexity index is 531. The standard InChI is InChI=1S/C20H34N2O3S/c1-4-7-9-10-11-13-19(23)22(14-12-8-5-2)15-18-21-17(16-26-18)20(24)25-6-3/h16H,4-15H2,1-3H3. The number of nitrogens with zero attached hydrogens (tertiary/aromatic N) is 2. The van der Waals surface area contributed by atoms with Gasteiger partial charge >= 0.3 is 5.97 Å². The second-order valence-electron chi connectivity index (χ2n) is 6.53. The molecule has 0 saturated carbocycles. The lowest BCUT2D eigenvalue weighted by atomic mass is 10.1. The molecule has 1 rings (SSSR count). The maximum absolute atomic E-state index is 12.6. The molecule has 1 amide bonds. The summed E-state index contributed by atoms with van der Waals surface area (Å²) in [5.74, 6) is -0.194. The first-order chi connectivity index (χ1) is 12.6. The summed E-state index contributed by atoms with van der Waals surface area (Å²) in [6, 6.07) is 0. The maximum Gasteiger partial charge on any atom is 0.357 e. The number of unbranched alkanes of at least 4 members (excludes halogenated alkanes) is 6. The summed E-state index contributed by atoms with van der Waals surface area (Å²) in [5, 5.41) is 2.51. The molecule has 0 aliphatic rings. The number of ether oxygens (including phenoxy) is 1. The summed E-state index contributed by atoms with van der Waals surface area (Å²) in [6.45, 7) is 7.72. The Morgan fingerprint density at radius 1 is 1.04 bits per heavy atom. The van der Waals surface area contributed by atoms with Crippen LogP contribution in [0.25, 0.3) is 0 Å². The van der Waals surface area contributed by atoms with Gasteiger partial charge in [0.05, 0.1) is 13.2 Å². The maximum atomic E-state index is 12.6. The molecule has 0 spiro atoms. The molecule has 0 atom stereocenters. The molecule has 0 fully saturated rings. The zero-order chi connectivity index (χ0) is 19.2. The molecule has 0 aromatic carbocycles. The molecule has 1 heterocycles. The van der Waals surface area contributed by atoms with Gasteiger partial charge in [0.25, 0.3) is 0 Å². The van der Waals surface area contributed by atoms with E-state index < -0.39 is 5.97 Å². The minimum atomic E-state index is -0.394. The molecule has 148 valence electrons. The summed E-state index contributed by atoms with van der Waals surface area (Å²) in [6.07, 6.45) is 9.58. The largest absolute Gasteiger partial charge is 0.461 e. The quantitative estimate of drug-likeness (QED) is 0.328. The second kappa shape index (κ2) is 13.7. The number of hydrogen-bond acceptors (Lipinski definition) is 5. The Hall–Kier alpha value is -1.43. The van der Waals surface area contributed by atoms with Crippen molar-refractivity contribution in [2.24, 2.45) is 0 Å². The Balaban J connectivity index is 2.58. The molecule has 0 aliphatic heterocycles. The van der Waals surface area contributed by atoms with Crippen molar-refractivity contribution in [1.29, 1.82) is 0 Å². The van der Waals surface area contributed by atoms with Crippen molar-refractivity contribution in [3.05, 3.63) is 16.1 Å². The molecule has 0 unspecified atom stereocenters. The van der Waals surface area contributed by atoms with E-state index in [2.05, 4.69) is 18.8 Å². The lowest BCUT2D eigenvalue weighted by molar-refractivity contribution is -0.132. The van der Waals surface area contributed by atoms with Crippen LogP contribution in [-0.2, 0) is 16.1 Å². The summed E-state index contributed by atoms with van der Waals surface area (Å²) < 4.78 is 4.98. The number of aromatic nitrogens is 1. The zero-order valence-corrected chi connectivity index (χ0v) is 17.4. The van der Waals surface area contributed by atoms with E-state index in [4.69, 9.17) is 4.74 Å². The Morgan fingerprint density at radius 2 is 1.73 bits per heavy atom. The van der Waals surface area contributed by atoms with E-state index in [1.807, 2.05) is 4.90 Å². The predicted molar refractivity (Wildman–Crippen MR) is 106 cm³/mol. The smallest absolute Gasteiger partial charge is 0.357 e. The Kier molecular flexibility index (Phi) is 11.9. The third-order valence-electron chi connectivity index (χ3n) is 4.24. The van der Waals surface area contributed by atoms with Crippen LogP contribution in [0.3, 0.4) is 0 Å².